The van der Waals surface area contributed by atoms with Gasteiger partial charge in [-0.05, 0) is 18.4 Å². The first-order valence-corrected chi connectivity index (χ1v) is 10.3. The number of nitrogens with one attached hydrogen (secondary N) is 1. The highest BCUT2D eigenvalue weighted by Crippen LogP contribution is 2.34. The maximum atomic E-state index is 12.6. The van der Waals surface area contributed by atoms with Crippen molar-refractivity contribution in [1.29, 1.82) is 0 Å². The van der Waals surface area contributed by atoms with E-state index in [9.17, 15) is 23.7 Å². The molecule has 27 heavy (non-hydrogen) atoms. The van der Waals surface area contributed by atoms with Crippen LogP contribution >= 0.6 is 11.3 Å². The van der Waals surface area contributed by atoms with Gasteiger partial charge in [-0.2, -0.15) is 0 Å². The molecule has 3 heterocycles. The van der Waals surface area contributed by atoms with Gasteiger partial charge in [0, 0.05) is 10.5 Å². The average molecular weight is 411 g/mol. The smallest absolute Gasteiger partial charge is 0.353 e. The number of fused-ring (bicyclic) bond motifs is 1. The zero-order chi connectivity index (χ0) is 19.6. The lowest BCUT2D eigenvalue weighted by atomic mass is 10.0. The molecule has 1 aromatic heterocycles. The molecule has 144 valence electrons. The Bertz CT molecular complexity index is 848. The van der Waals surface area contributed by atoms with Crippen LogP contribution in [0.15, 0.2) is 33.9 Å². The van der Waals surface area contributed by atoms with Crippen LogP contribution in [0.25, 0.3) is 0 Å². The van der Waals surface area contributed by atoms with Crippen molar-refractivity contribution in [2.75, 3.05) is 12.4 Å². The van der Waals surface area contributed by atoms with Crippen LogP contribution in [-0.4, -0.2) is 62.0 Å². The molecule has 1 fully saturated rings. The summed E-state index contributed by atoms with van der Waals surface area (Å²) in [4.78, 5) is 42.9. The third-order valence-corrected chi connectivity index (χ3v) is 6.50. The Morgan fingerprint density at radius 2 is 2.33 bits per heavy atom. The summed E-state index contributed by atoms with van der Waals surface area (Å²) in [6.07, 6.45) is 1.27. The first-order valence-electron chi connectivity index (χ1n) is 8.07. The fourth-order valence-corrected chi connectivity index (χ4v) is 5.20. The number of thiophene rings is 1. The Kier molecular flexibility index (Phi) is 5.71. The first kappa shape index (κ1) is 19.2. The van der Waals surface area contributed by atoms with Crippen molar-refractivity contribution < 1.29 is 28.5 Å². The summed E-state index contributed by atoms with van der Waals surface area (Å²) in [7, 11) is -1.58. The number of nitrogens with zero attached hydrogens (tertiary/aromatic N) is 2. The van der Waals surface area contributed by atoms with Crippen molar-refractivity contribution >= 4 is 46.1 Å². The van der Waals surface area contributed by atoms with Gasteiger partial charge in [-0.25, -0.2) is 4.79 Å². The molecule has 1 saturated heterocycles. The van der Waals surface area contributed by atoms with Crippen LogP contribution < -0.4 is 5.32 Å². The SMILES string of the molecule is CCO/N=C/C1=C(C(=O)O)N2C(=O)C(NC(=O)Cc3cccs3)[C@H]2S(=O)C1. The van der Waals surface area contributed by atoms with E-state index in [0.717, 1.165) is 16.0 Å². The molecule has 3 rings (SSSR count). The van der Waals surface area contributed by atoms with Crippen molar-refractivity contribution in [3.63, 3.8) is 0 Å². The molecule has 0 spiro atoms. The van der Waals surface area contributed by atoms with Crippen LogP contribution in [-0.2, 0) is 36.4 Å². The zero-order valence-electron chi connectivity index (χ0n) is 14.3. The van der Waals surface area contributed by atoms with Gasteiger partial charge < -0.3 is 15.3 Å². The van der Waals surface area contributed by atoms with E-state index in [1.807, 2.05) is 11.4 Å². The van der Waals surface area contributed by atoms with Crippen LogP contribution in [0.3, 0.4) is 0 Å². The summed E-state index contributed by atoms with van der Waals surface area (Å²) in [6, 6.07) is 2.61. The molecule has 2 aliphatic rings. The lowest BCUT2D eigenvalue weighted by Crippen LogP contribution is -2.73. The predicted octanol–water partition coefficient (Wildman–Crippen LogP) is 0.0670. The summed E-state index contributed by atoms with van der Waals surface area (Å²) in [5.74, 6) is -2.40. The second-order valence-corrected chi connectivity index (χ2v) is 8.32. The molecule has 2 amide bonds. The number of β-lactam (4-membered cyclic amide) rings is 1. The van der Waals surface area contributed by atoms with E-state index in [1.165, 1.54) is 11.3 Å². The minimum Gasteiger partial charge on any atom is -0.477 e. The number of hydrogen-bond donors (Lipinski definition) is 2. The van der Waals surface area contributed by atoms with Crippen molar-refractivity contribution in [2.24, 2.45) is 5.16 Å². The molecule has 0 saturated carbocycles. The molecular weight excluding hydrogens is 394 g/mol. The van der Waals surface area contributed by atoms with Gasteiger partial charge in [0.2, 0.25) is 5.91 Å². The molecule has 3 atom stereocenters. The number of carbonyl (C=O) groups excluding carboxylic acids is 2. The summed E-state index contributed by atoms with van der Waals surface area (Å²) < 4.78 is 12.6. The fourth-order valence-electron chi connectivity index (χ4n) is 2.88. The largest absolute Gasteiger partial charge is 0.477 e. The standard InChI is InChI=1S/C16H17N3O6S2/c1-2-25-17-7-9-8-27(24)15-12(14(21)19(15)13(9)16(22)23)18-11(20)6-10-4-3-5-26-10/h3-5,7,12,15H,2,6,8H2,1H3,(H,18,20)(H,22,23)/b17-7+/t12?,15-,27?/m1/s1. The topological polar surface area (TPSA) is 125 Å². The number of carboxylic acids is 1. The Morgan fingerprint density at radius 3 is 2.96 bits per heavy atom. The predicted molar refractivity (Wildman–Crippen MR) is 98.4 cm³/mol. The van der Waals surface area contributed by atoms with Crippen molar-refractivity contribution in [3.05, 3.63) is 33.7 Å². The van der Waals surface area contributed by atoms with Crippen LogP contribution in [0.1, 0.15) is 11.8 Å². The number of carbonyl (C=O) groups is 3. The Hall–Kier alpha value is -2.53. The third-order valence-electron chi connectivity index (χ3n) is 4.00. The van der Waals surface area contributed by atoms with Crippen LogP contribution in [0, 0.1) is 0 Å². The lowest BCUT2D eigenvalue weighted by molar-refractivity contribution is -0.150. The maximum Gasteiger partial charge on any atom is 0.353 e. The molecule has 1 aromatic rings. The number of carboxylic acid groups (broad SMARTS) is 1. The number of amides is 2. The lowest BCUT2D eigenvalue weighted by Gasteiger charge is -2.48. The maximum absolute atomic E-state index is 12.6. The number of hydrogen-bond acceptors (Lipinski definition) is 7. The van der Waals surface area contributed by atoms with Gasteiger partial charge >= 0.3 is 5.97 Å². The van der Waals surface area contributed by atoms with Gasteiger partial charge in [-0.15, -0.1) is 11.3 Å². The average Bonchev–Trinajstić information content (AvgIpc) is 3.12. The molecule has 9 nitrogen and oxygen atoms in total. The first-order chi connectivity index (χ1) is 12.9. The van der Waals surface area contributed by atoms with Crippen LogP contribution in [0.4, 0.5) is 0 Å². The number of oxime groups is 1. The monoisotopic (exact) mass is 411 g/mol. The quantitative estimate of drug-likeness (QED) is 0.371. The second kappa shape index (κ2) is 8.01. The van der Waals surface area contributed by atoms with E-state index in [0.29, 0.717) is 6.61 Å². The molecule has 0 bridgehead atoms. The molecule has 0 aliphatic carbocycles. The molecule has 2 aliphatic heterocycles. The number of rotatable bonds is 7. The van der Waals surface area contributed by atoms with E-state index >= 15 is 0 Å². The third kappa shape index (κ3) is 3.78. The molecule has 11 heteroatoms. The summed E-state index contributed by atoms with van der Waals surface area (Å²) in [5.41, 5.74) is -0.140. The van der Waals surface area contributed by atoms with Crippen molar-refractivity contribution in [2.45, 2.75) is 24.8 Å². The van der Waals surface area contributed by atoms with Crippen LogP contribution in [0.5, 0.6) is 0 Å². The van der Waals surface area contributed by atoms with E-state index in [1.54, 1.807) is 13.0 Å². The Balaban J connectivity index is 1.78. The fraction of sp³-hybridized carbons (Fsp3) is 0.375. The summed E-state index contributed by atoms with van der Waals surface area (Å²) >= 11 is 1.41. The summed E-state index contributed by atoms with van der Waals surface area (Å²) in [5, 5.41) is 16.6. The van der Waals surface area contributed by atoms with Gasteiger partial charge in [0.1, 0.15) is 23.7 Å². The molecule has 0 aromatic carbocycles. The Morgan fingerprint density at radius 1 is 1.56 bits per heavy atom. The van der Waals surface area contributed by atoms with E-state index in [-0.39, 0.29) is 29.4 Å². The van der Waals surface area contributed by atoms with Gasteiger partial charge in [-0.3, -0.25) is 18.7 Å². The second-order valence-electron chi connectivity index (χ2n) is 5.76. The normalized spacial score (nSPS) is 24.6. The molecule has 0 radical (unpaired) electrons. The van der Waals surface area contributed by atoms with Gasteiger partial charge in [0.15, 0.2) is 0 Å². The minimum atomic E-state index is -1.58. The highest BCUT2D eigenvalue weighted by molar-refractivity contribution is 7.86. The van der Waals surface area contributed by atoms with Gasteiger partial charge in [0.25, 0.3) is 5.91 Å². The van der Waals surface area contributed by atoms with E-state index in [4.69, 9.17) is 4.84 Å². The molecule has 2 N–H and O–H groups in total. The highest BCUT2D eigenvalue weighted by atomic mass is 32.2. The molecular formula is C16H17N3O6S2. The van der Waals surface area contributed by atoms with Crippen molar-refractivity contribution in [1.82, 2.24) is 10.2 Å². The highest BCUT2D eigenvalue weighted by Gasteiger charge is 2.57. The summed E-state index contributed by atoms with van der Waals surface area (Å²) in [6.45, 7) is 2.00. The van der Waals surface area contributed by atoms with E-state index < -0.39 is 34.1 Å². The molecule has 2 unspecified atom stereocenters. The van der Waals surface area contributed by atoms with E-state index in [2.05, 4.69) is 10.5 Å². The number of aliphatic carboxylic acids is 1. The van der Waals surface area contributed by atoms with Gasteiger partial charge in [0.05, 0.1) is 29.2 Å². The van der Waals surface area contributed by atoms with Crippen molar-refractivity contribution in [3.8, 4) is 0 Å². The Labute approximate surface area is 161 Å². The zero-order valence-corrected chi connectivity index (χ0v) is 15.9. The minimum absolute atomic E-state index is 0.0933. The van der Waals surface area contributed by atoms with Gasteiger partial charge in [-0.1, -0.05) is 11.2 Å². The van der Waals surface area contributed by atoms with Crippen LogP contribution in [0.2, 0.25) is 0 Å².